The average molecular weight is 287 g/mol. The van der Waals surface area contributed by atoms with Gasteiger partial charge in [-0.3, -0.25) is 4.79 Å². The van der Waals surface area contributed by atoms with Crippen molar-refractivity contribution >= 4 is 12.0 Å². The molecule has 20 heavy (non-hydrogen) atoms. The van der Waals surface area contributed by atoms with E-state index in [0.29, 0.717) is 0 Å². The quantitative estimate of drug-likeness (QED) is 0.600. The Morgan fingerprint density at radius 1 is 1.10 bits per heavy atom. The molecule has 0 saturated heterocycles. The fourth-order valence-electron chi connectivity index (χ4n) is 1.99. The van der Waals surface area contributed by atoms with Crippen LogP contribution in [0.15, 0.2) is 0 Å². The molecule has 0 spiro atoms. The second-order valence-electron chi connectivity index (χ2n) is 5.45. The third-order valence-electron chi connectivity index (χ3n) is 3.32. The van der Waals surface area contributed by atoms with Gasteiger partial charge in [-0.15, -0.1) is 0 Å². The number of amides is 2. The maximum Gasteiger partial charge on any atom is 0.315 e. The fourth-order valence-corrected chi connectivity index (χ4v) is 1.99. The van der Waals surface area contributed by atoms with Crippen molar-refractivity contribution in [3.05, 3.63) is 0 Å². The monoisotopic (exact) mass is 287 g/mol. The lowest BCUT2D eigenvalue weighted by Crippen LogP contribution is -2.50. The van der Waals surface area contributed by atoms with E-state index in [1.807, 2.05) is 20.8 Å². The molecule has 2 atom stereocenters. The van der Waals surface area contributed by atoms with E-state index in [2.05, 4.69) is 29.4 Å². The van der Waals surface area contributed by atoms with Gasteiger partial charge in [-0.05, 0) is 25.9 Å². The van der Waals surface area contributed by atoms with Crippen LogP contribution in [0.5, 0.6) is 0 Å². The van der Waals surface area contributed by atoms with Crippen LogP contribution in [0.25, 0.3) is 0 Å². The summed E-state index contributed by atoms with van der Waals surface area (Å²) in [6, 6.07) is -0.634. The molecule has 0 fully saturated rings. The summed E-state index contributed by atoms with van der Waals surface area (Å²) in [5.41, 5.74) is 0. The summed E-state index contributed by atoms with van der Waals surface area (Å²) in [4.78, 5) is 24.9. The predicted octanol–water partition coefficient (Wildman–Crippen LogP) is 1.52. The number of rotatable bonds is 9. The van der Waals surface area contributed by atoms with E-state index >= 15 is 0 Å². The summed E-state index contributed by atoms with van der Waals surface area (Å²) in [7, 11) is 0. The van der Waals surface area contributed by atoms with E-state index in [4.69, 9.17) is 5.11 Å². The van der Waals surface area contributed by atoms with Crippen molar-refractivity contribution < 1.29 is 14.7 Å². The van der Waals surface area contributed by atoms with Gasteiger partial charge in [0.05, 0.1) is 6.42 Å². The van der Waals surface area contributed by atoms with Crippen LogP contribution in [0.4, 0.5) is 4.79 Å². The average Bonchev–Trinajstić information content (AvgIpc) is 2.34. The third kappa shape index (κ3) is 7.99. The highest BCUT2D eigenvalue weighted by molar-refractivity contribution is 5.76. The second-order valence-corrected chi connectivity index (χ2v) is 5.45. The molecule has 0 aliphatic heterocycles. The number of carbonyl (C=O) groups is 2. The molecule has 2 unspecified atom stereocenters. The molecule has 0 rings (SSSR count). The molecule has 0 aliphatic carbocycles. The smallest absolute Gasteiger partial charge is 0.315 e. The minimum atomic E-state index is -0.903. The molecular formula is C14H29N3O3. The fraction of sp³-hybridized carbons (Fsp3) is 0.857. The first-order valence-corrected chi connectivity index (χ1v) is 7.31. The molecule has 118 valence electrons. The SMILES string of the molecule is CCN(CC)CC(C)NC(=O)NC(CC(=O)O)C(C)C. The van der Waals surface area contributed by atoms with Crippen molar-refractivity contribution in [3.8, 4) is 0 Å². The van der Waals surface area contributed by atoms with E-state index < -0.39 is 5.97 Å². The maximum atomic E-state index is 11.9. The van der Waals surface area contributed by atoms with E-state index in [9.17, 15) is 9.59 Å². The number of hydrogen-bond donors (Lipinski definition) is 3. The molecule has 0 aromatic heterocycles. The summed E-state index contributed by atoms with van der Waals surface area (Å²) in [6.07, 6.45) is -0.0600. The third-order valence-corrected chi connectivity index (χ3v) is 3.32. The van der Waals surface area contributed by atoms with Crippen LogP contribution in [0.1, 0.15) is 41.0 Å². The number of carboxylic acid groups (broad SMARTS) is 1. The van der Waals surface area contributed by atoms with Crippen LogP contribution in [-0.2, 0) is 4.79 Å². The van der Waals surface area contributed by atoms with Crippen LogP contribution in [-0.4, -0.2) is 53.7 Å². The highest BCUT2D eigenvalue weighted by Crippen LogP contribution is 2.06. The Bertz CT molecular complexity index is 304. The van der Waals surface area contributed by atoms with Gasteiger partial charge in [-0.25, -0.2) is 4.79 Å². The number of nitrogens with zero attached hydrogens (tertiary/aromatic N) is 1. The van der Waals surface area contributed by atoms with Gasteiger partial charge in [0.1, 0.15) is 0 Å². The molecule has 0 aromatic rings. The molecule has 0 aliphatic rings. The summed E-state index contributed by atoms with van der Waals surface area (Å²) in [6.45, 7) is 12.6. The molecule has 0 radical (unpaired) electrons. The van der Waals surface area contributed by atoms with Crippen LogP contribution >= 0.6 is 0 Å². The summed E-state index contributed by atoms with van der Waals surface area (Å²) in [5, 5.41) is 14.4. The van der Waals surface area contributed by atoms with Crippen LogP contribution in [0.3, 0.4) is 0 Å². The lowest BCUT2D eigenvalue weighted by Gasteiger charge is -2.25. The first kappa shape index (κ1) is 18.7. The first-order valence-electron chi connectivity index (χ1n) is 7.31. The Kier molecular flexibility index (Phi) is 8.96. The maximum absolute atomic E-state index is 11.9. The number of nitrogens with one attached hydrogen (secondary N) is 2. The van der Waals surface area contributed by atoms with Crippen LogP contribution in [0, 0.1) is 5.92 Å². The molecule has 6 heteroatoms. The Morgan fingerprint density at radius 3 is 2.05 bits per heavy atom. The zero-order valence-corrected chi connectivity index (χ0v) is 13.3. The highest BCUT2D eigenvalue weighted by Gasteiger charge is 2.20. The van der Waals surface area contributed by atoms with Gasteiger partial charge < -0.3 is 20.6 Å². The van der Waals surface area contributed by atoms with E-state index in [1.54, 1.807) is 0 Å². The van der Waals surface area contributed by atoms with Crippen molar-refractivity contribution in [1.82, 2.24) is 15.5 Å². The normalized spacial score (nSPS) is 14.2. The number of carboxylic acids is 1. The lowest BCUT2D eigenvalue weighted by molar-refractivity contribution is -0.137. The molecule has 6 nitrogen and oxygen atoms in total. The standard InChI is InChI=1S/C14H29N3O3/c1-6-17(7-2)9-11(5)15-14(20)16-12(10(3)4)8-13(18)19/h10-12H,6-9H2,1-5H3,(H,18,19)(H2,15,16,20). The summed E-state index contributed by atoms with van der Waals surface area (Å²) < 4.78 is 0. The van der Waals surface area contributed by atoms with Crippen molar-refractivity contribution in [2.24, 2.45) is 5.92 Å². The minimum absolute atomic E-state index is 0.0209. The van der Waals surface area contributed by atoms with E-state index in [-0.39, 0.29) is 30.5 Å². The summed E-state index contributed by atoms with van der Waals surface area (Å²) in [5.74, 6) is -0.824. The Labute approximate surface area is 121 Å². The van der Waals surface area contributed by atoms with E-state index in [1.165, 1.54) is 0 Å². The molecule has 0 heterocycles. The largest absolute Gasteiger partial charge is 0.481 e. The Hall–Kier alpha value is -1.30. The molecule has 2 amide bonds. The van der Waals surface area contributed by atoms with Crippen molar-refractivity contribution in [2.45, 2.75) is 53.1 Å². The highest BCUT2D eigenvalue weighted by atomic mass is 16.4. The van der Waals surface area contributed by atoms with Crippen LogP contribution in [0.2, 0.25) is 0 Å². The number of hydrogen-bond acceptors (Lipinski definition) is 3. The van der Waals surface area contributed by atoms with Gasteiger partial charge in [0.25, 0.3) is 0 Å². The molecule has 0 saturated carbocycles. The number of carbonyl (C=O) groups excluding carboxylic acids is 1. The van der Waals surface area contributed by atoms with Gasteiger partial charge in [0, 0.05) is 18.6 Å². The van der Waals surface area contributed by atoms with Gasteiger partial charge >= 0.3 is 12.0 Å². The molecule has 0 bridgehead atoms. The molecule has 0 aromatic carbocycles. The number of aliphatic carboxylic acids is 1. The molecular weight excluding hydrogens is 258 g/mol. The zero-order valence-electron chi connectivity index (χ0n) is 13.3. The van der Waals surface area contributed by atoms with Crippen LogP contribution < -0.4 is 10.6 Å². The molecule has 3 N–H and O–H groups in total. The first-order chi connectivity index (χ1) is 9.29. The Morgan fingerprint density at radius 2 is 1.65 bits per heavy atom. The van der Waals surface area contributed by atoms with Gasteiger partial charge in [-0.1, -0.05) is 27.7 Å². The number of urea groups is 1. The minimum Gasteiger partial charge on any atom is -0.481 e. The van der Waals surface area contributed by atoms with Crippen molar-refractivity contribution in [3.63, 3.8) is 0 Å². The van der Waals surface area contributed by atoms with Crippen molar-refractivity contribution in [2.75, 3.05) is 19.6 Å². The lowest BCUT2D eigenvalue weighted by atomic mass is 10.0. The van der Waals surface area contributed by atoms with Gasteiger partial charge in [0.15, 0.2) is 0 Å². The number of likely N-dealkylation sites (N-methyl/N-ethyl adjacent to an activating group) is 1. The van der Waals surface area contributed by atoms with E-state index in [0.717, 1.165) is 19.6 Å². The topological polar surface area (TPSA) is 81.7 Å². The van der Waals surface area contributed by atoms with Crippen molar-refractivity contribution in [1.29, 1.82) is 0 Å². The summed E-state index contributed by atoms with van der Waals surface area (Å²) >= 11 is 0. The van der Waals surface area contributed by atoms with Gasteiger partial charge in [0.2, 0.25) is 0 Å². The second kappa shape index (κ2) is 9.58. The zero-order chi connectivity index (χ0) is 15.7. The Balaban J connectivity index is 4.27. The van der Waals surface area contributed by atoms with Gasteiger partial charge in [-0.2, -0.15) is 0 Å². The predicted molar refractivity (Wildman–Crippen MR) is 79.8 cm³/mol.